The fraction of sp³-hybridized carbons (Fsp3) is 0.500. The summed E-state index contributed by atoms with van der Waals surface area (Å²) in [6.45, 7) is 4.40. The van der Waals surface area contributed by atoms with Gasteiger partial charge in [-0.05, 0) is 18.2 Å². The van der Waals surface area contributed by atoms with E-state index in [2.05, 4.69) is 26.2 Å². The molecule has 0 aliphatic carbocycles. The van der Waals surface area contributed by atoms with Gasteiger partial charge in [-0.15, -0.1) is 23.1 Å². The van der Waals surface area contributed by atoms with E-state index >= 15 is 0 Å². The molecule has 0 spiro atoms. The zero-order chi connectivity index (χ0) is 8.43. The smallest absolute Gasteiger partial charge is 0.0870 e. The second-order valence-corrected chi connectivity index (χ2v) is 4.70. The van der Waals surface area contributed by atoms with Gasteiger partial charge in [-0.1, -0.05) is 13.8 Å². The van der Waals surface area contributed by atoms with Gasteiger partial charge in [-0.25, -0.2) is 0 Å². The zero-order valence-electron chi connectivity index (χ0n) is 7.05. The average molecular weight is 187 g/mol. The fourth-order valence-electron chi connectivity index (χ4n) is 0.969. The molecule has 11 heavy (non-hydrogen) atoms. The molecule has 1 aromatic heterocycles. The molecular weight excluding hydrogens is 174 g/mol. The molecular formula is C8H13NS2. The third-order valence-corrected chi connectivity index (χ3v) is 3.66. The molecule has 0 saturated heterocycles. The van der Waals surface area contributed by atoms with Crippen LogP contribution in [0.15, 0.2) is 11.0 Å². The summed E-state index contributed by atoms with van der Waals surface area (Å²) in [5.74, 6) is 0.597. The number of hydrogen-bond donors (Lipinski definition) is 1. The highest BCUT2D eigenvalue weighted by atomic mass is 32.2. The normalized spacial score (nSPS) is 10.9. The van der Waals surface area contributed by atoms with E-state index in [1.54, 1.807) is 23.1 Å². The SMILES string of the molecule is CSc1cc(N)sc1C(C)C. The number of nitrogens with two attached hydrogens (primary N) is 1. The average Bonchev–Trinajstić information content (AvgIpc) is 2.30. The minimum absolute atomic E-state index is 0.597. The van der Waals surface area contributed by atoms with Crippen molar-refractivity contribution in [3.05, 3.63) is 10.9 Å². The van der Waals surface area contributed by atoms with Crippen LogP contribution in [0, 0.1) is 0 Å². The fourth-order valence-corrected chi connectivity index (χ4v) is 2.93. The molecule has 62 valence electrons. The van der Waals surface area contributed by atoms with Crippen molar-refractivity contribution in [2.75, 3.05) is 12.0 Å². The summed E-state index contributed by atoms with van der Waals surface area (Å²) < 4.78 is 0. The van der Waals surface area contributed by atoms with Gasteiger partial charge in [0.25, 0.3) is 0 Å². The molecule has 0 atom stereocenters. The van der Waals surface area contributed by atoms with Crippen LogP contribution in [0.2, 0.25) is 0 Å². The minimum atomic E-state index is 0.597. The van der Waals surface area contributed by atoms with E-state index in [1.807, 2.05) is 0 Å². The summed E-state index contributed by atoms with van der Waals surface area (Å²) in [4.78, 5) is 2.75. The first kappa shape index (κ1) is 8.94. The van der Waals surface area contributed by atoms with Gasteiger partial charge in [0, 0.05) is 9.77 Å². The summed E-state index contributed by atoms with van der Waals surface area (Å²) in [6, 6.07) is 2.06. The predicted octanol–water partition coefficient (Wildman–Crippen LogP) is 3.18. The molecule has 2 N–H and O–H groups in total. The zero-order valence-corrected chi connectivity index (χ0v) is 8.68. The lowest BCUT2D eigenvalue weighted by Crippen LogP contribution is -1.82. The standard InChI is InChI=1S/C8H13NS2/c1-5(2)8-6(10-3)4-7(9)11-8/h4-5H,9H2,1-3H3. The van der Waals surface area contributed by atoms with Crippen molar-refractivity contribution in [2.24, 2.45) is 0 Å². The number of rotatable bonds is 2. The van der Waals surface area contributed by atoms with Crippen molar-refractivity contribution >= 4 is 28.1 Å². The highest BCUT2D eigenvalue weighted by Gasteiger charge is 2.09. The maximum absolute atomic E-state index is 5.70. The highest BCUT2D eigenvalue weighted by Crippen LogP contribution is 2.36. The van der Waals surface area contributed by atoms with E-state index < -0.39 is 0 Å². The summed E-state index contributed by atoms with van der Waals surface area (Å²) in [5, 5.41) is 0.929. The van der Waals surface area contributed by atoms with Crippen molar-refractivity contribution in [3.8, 4) is 0 Å². The van der Waals surface area contributed by atoms with Gasteiger partial charge in [-0.3, -0.25) is 0 Å². The first-order valence-electron chi connectivity index (χ1n) is 3.58. The van der Waals surface area contributed by atoms with Crippen LogP contribution in [0.25, 0.3) is 0 Å². The van der Waals surface area contributed by atoms with Crippen LogP contribution in [0.1, 0.15) is 24.6 Å². The first-order chi connectivity index (χ1) is 5.15. The second-order valence-electron chi connectivity index (χ2n) is 2.74. The van der Waals surface area contributed by atoms with Crippen LogP contribution >= 0.6 is 23.1 Å². The Hall–Kier alpha value is -0.150. The van der Waals surface area contributed by atoms with Crippen LogP contribution in [0.3, 0.4) is 0 Å². The molecule has 1 heterocycles. The van der Waals surface area contributed by atoms with E-state index in [0.717, 1.165) is 5.00 Å². The molecule has 0 radical (unpaired) electrons. The molecule has 0 aliphatic heterocycles. The number of anilines is 1. The van der Waals surface area contributed by atoms with Crippen LogP contribution in [-0.4, -0.2) is 6.26 Å². The van der Waals surface area contributed by atoms with Gasteiger partial charge < -0.3 is 5.73 Å². The summed E-state index contributed by atoms with van der Waals surface area (Å²) >= 11 is 3.48. The van der Waals surface area contributed by atoms with Crippen molar-refractivity contribution < 1.29 is 0 Å². The van der Waals surface area contributed by atoms with Gasteiger partial charge in [-0.2, -0.15) is 0 Å². The third kappa shape index (κ3) is 1.91. The molecule has 1 nitrogen and oxygen atoms in total. The van der Waals surface area contributed by atoms with Crippen molar-refractivity contribution in [3.63, 3.8) is 0 Å². The minimum Gasteiger partial charge on any atom is -0.391 e. The predicted molar refractivity (Wildman–Crippen MR) is 54.6 cm³/mol. The second kappa shape index (κ2) is 3.50. The Kier molecular flexibility index (Phi) is 2.84. The Bertz CT molecular complexity index is 240. The first-order valence-corrected chi connectivity index (χ1v) is 5.62. The number of nitrogen functional groups attached to an aromatic ring is 1. The Labute approximate surface area is 76.0 Å². The van der Waals surface area contributed by atoms with Crippen LogP contribution in [0.5, 0.6) is 0 Å². The van der Waals surface area contributed by atoms with Crippen LogP contribution in [-0.2, 0) is 0 Å². The molecule has 1 rings (SSSR count). The van der Waals surface area contributed by atoms with Gasteiger partial charge >= 0.3 is 0 Å². The van der Waals surface area contributed by atoms with E-state index in [4.69, 9.17) is 5.73 Å². The number of hydrogen-bond acceptors (Lipinski definition) is 3. The lowest BCUT2D eigenvalue weighted by molar-refractivity contribution is 0.869. The Balaban J connectivity index is 3.02. The molecule has 3 heteroatoms. The molecule has 0 saturated carbocycles. The largest absolute Gasteiger partial charge is 0.391 e. The molecule has 0 aliphatic rings. The van der Waals surface area contributed by atoms with E-state index in [1.165, 1.54) is 9.77 Å². The summed E-state index contributed by atoms with van der Waals surface area (Å²) in [6.07, 6.45) is 2.09. The van der Waals surface area contributed by atoms with Crippen LogP contribution < -0.4 is 5.73 Å². The summed E-state index contributed by atoms with van der Waals surface area (Å²) in [7, 11) is 0. The van der Waals surface area contributed by atoms with E-state index in [0.29, 0.717) is 5.92 Å². The Morgan fingerprint density at radius 3 is 2.55 bits per heavy atom. The molecule has 0 bridgehead atoms. The van der Waals surface area contributed by atoms with Crippen molar-refractivity contribution in [2.45, 2.75) is 24.7 Å². The summed E-state index contributed by atoms with van der Waals surface area (Å²) in [5.41, 5.74) is 5.70. The van der Waals surface area contributed by atoms with Gasteiger partial charge in [0.15, 0.2) is 0 Å². The molecule has 0 amide bonds. The Morgan fingerprint density at radius 1 is 1.55 bits per heavy atom. The lowest BCUT2D eigenvalue weighted by Gasteiger charge is -2.02. The number of thioether (sulfide) groups is 1. The number of thiophene rings is 1. The maximum atomic E-state index is 5.70. The topological polar surface area (TPSA) is 26.0 Å². The molecule has 0 unspecified atom stereocenters. The van der Waals surface area contributed by atoms with Gasteiger partial charge in [0.1, 0.15) is 0 Å². The molecule has 0 fully saturated rings. The van der Waals surface area contributed by atoms with Crippen molar-refractivity contribution in [1.29, 1.82) is 0 Å². The van der Waals surface area contributed by atoms with Crippen LogP contribution in [0.4, 0.5) is 5.00 Å². The van der Waals surface area contributed by atoms with Gasteiger partial charge in [0.05, 0.1) is 5.00 Å². The molecule has 0 aromatic carbocycles. The van der Waals surface area contributed by atoms with E-state index in [-0.39, 0.29) is 0 Å². The van der Waals surface area contributed by atoms with E-state index in [9.17, 15) is 0 Å². The maximum Gasteiger partial charge on any atom is 0.0870 e. The molecule has 1 aromatic rings. The third-order valence-electron chi connectivity index (χ3n) is 1.49. The lowest BCUT2D eigenvalue weighted by atomic mass is 10.2. The monoisotopic (exact) mass is 187 g/mol. The Morgan fingerprint density at radius 2 is 2.18 bits per heavy atom. The van der Waals surface area contributed by atoms with Crippen molar-refractivity contribution in [1.82, 2.24) is 0 Å². The van der Waals surface area contributed by atoms with Gasteiger partial charge in [0.2, 0.25) is 0 Å². The highest BCUT2D eigenvalue weighted by molar-refractivity contribution is 7.98. The quantitative estimate of drug-likeness (QED) is 0.720.